The molecular weight excluding hydrogens is 320 g/mol. The number of pyridine rings is 1. The van der Waals surface area contributed by atoms with Gasteiger partial charge in [0.05, 0.1) is 0 Å². The van der Waals surface area contributed by atoms with Crippen molar-refractivity contribution in [1.29, 1.82) is 0 Å². The molecule has 2 aromatic heterocycles. The van der Waals surface area contributed by atoms with E-state index in [9.17, 15) is 0 Å². The molecule has 0 bridgehead atoms. The van der Waals surface area contributed by atoms with Crippen molar-refractivity contribution < 1.29 is 0 Å². The van der Waals surface area contributed by atoms with Crippen LogP contribution in [0.15, 0.2) is 55.4 Å². The number of fused-ring (bicyclic) bond motifs is 1. The molecule has 3 aromatic rings. The van der Waals surface area contributed by atoms with Crippen molar-refractivity contribution in [2.24, 2.45) is 0 Å². The van der Waals surface area contributed by atoms with Crippen molar-refractivity contribution in [3.8, 4) is 0 Å². The number of anilines is 1. The molecule has 1 aromatic carbocycles. The number of rotatable bonds is 4. The Hall–Kier alpha value is -2.59. The molecule has 26 heavy (non-hydrogen) atoms. The minimum atomic E-state index is 0.833. The number of piperazine rings is 1. The molecule has 0 amide bonds. The third-order valence-corrected chi connectivity index (χ3v) is 5.28. The summed E-state index contributed by atoms with van der Waals surface area (Å²) < 4.78 is 2.24. The van der Waals surface area contributed by atoms with Gasteiger partial charge in [-0.15, -0.1) is 0 Å². The summed E-state index contributed by atoms with van der Waals surface area (Å²) in [5.74, 6) is 0. The Bertz CT molecular complexity index is 915. The van der Waals surface area contributed by atoms with Gasteiger partial charge < -0.3 is 14.4 Å². The van der Waals surface area contributed by atoms with Crippen LogP contribution in [0.4, 0.5) is 5.69 Å². The standard InChI is InChI=1S/C22H26N4/c1-17(2)19-6-4-18(5-7-19)16-26-11-9-20-21(8-10-23-22(20)26)25-14-12-24(3)13-15-25/h4-11H,1,12-16H2,2-3H3. The van der Waals surface area contributed by atoms with E-state index in [-0.39, 0.29) is 0 Å². The summed E-state index contributed by atoms with van der Waals surface area (Å²) in [4.78, 5) is 9.53. The first kappa shape index (κ1) is 16.9. The van der Waals surface area contributed by atoms with Crippen LogP contribution in [0.25, 0.3) is 16.6 Å². The van der Waals surface area contributed by atoms with Crippen LogP contribution in [-0.2, 0) is 6.54 Å². The number of nitrogens with zero attached hydrogens (tertiary/aromatic N) is 4. The van der Waals surface area contributed by atoms with Crippen molar-refractivity contribution in [3.05, 3.63) is 66.5 Å². The van der Waals surface area contributed by atoms with Crippen LogP contribution >= 0.6 is 0 Å². The molecule has 0 N–H and O–H groups in total. The minimum absolute atomic E-state index is 0.833. The van der Waals surface area contributed by atoms with Gasteiger partial charge in [0.15, 0.2) is 0 Å². The molecule has 0 unspecified atom stereocenters. The number of benzene rings is 1. The van der Waals surface area contributed by atoms with Gasteiger partial charge in [0.1, 0.15) is 5.65 Å². The second-order valence-electron chi connectivity index (χ2n) is 7.28. The molecule has 4 nitrogen and oxygen atoms in total. The molecule has 134 valence electrons. The summed E-state index contributed by atoms with van der Waals surface area (Å²) in [5.41, 5.74) is 5.94. The van der Waals surface area contributed by atoms with E-state index in [0.717, 1.165) is 43.9 Å². The van der Waals surface area contributed by atoms with Crippen molar-refractivity contribution >= 4 is 22.3 Å². The first-order valence-corrected chi connectivity index (χ1v) is 9.24. The summed E-state index contributed by atoms with van der Waals surface area (Å²) >= 11 is 0. The van der Waals surface area contributed by atoms with E-state index in [1.807, 2.05) is 13.1 Å². The zero-order chi connectivity index (χ0) is 18.1. The van der Waals surface area contributed by atoms with Crippen LogP contribution in [0.1, 0.15) is 18.1 Å². The van der Waals surface area contributed by atoms with Gasteiger partial charge in [0.25, 0.3) is 0 Å². The molecule has 4 rings (SSSR count). The normalized spacial score (nSPS) is 15.5. The summed E-state index contributed by atoms with van der Waals surface area (Å²) in [6.45, 7) is 11.2. The lowest BCUT2D eigenvalue weighted by Gasteiger charge is -2.34. The second-order valence-corrected chi connectivity index (χ2v) is 7.28. The van der Waals surface area contributed by atoms with Crippen molar-refractivity contribution in [3.63, 3.8) is 0 Å². The second kappa shape index (κ2) is 6.96. The van der Waals surface area contributed by atoms with Gasteiger partial charge in [0, 0.05) is 56.2 Å². The van der Waals surface area contributed by atoms with Crippen molar-refractivity contribution in [2.45, 2.75) is 13.5 Å². The van der Waals surface area contributed by atoms with Crippen LogP contribution in [0.2, 0.25) is 0 Å². The highest BCUT2D eigenvalue weighted by Crippen LogP contribution is 2.27. The van der Waals surface area contributed by atoms with Gasteiger partial charge in [-0.25, -0.2) is 4.98 Å². The molecule has 1 saturated heterocycles. The Labute approximate surface area is 155 Å². The van der Waals surface area contributed by atoms with E-state index in [2.05, 4.69) is 75.6 Å². The Morgan fingerprint density at radius 3 is 2.46 bits per heavy atom. The smallest absolute Gasteiger partial charge is 0.142 e. The maximum absolute atomic E-state index is 4.67. The summed E-state index contributed by atoms with van der Waals surface area (Å²) in [6, 6.07) is 13.0. The fourth-order valence-corrected chi connectivity index (χ4v) is 3.62. The van der Waals surface area contributed by atoms with E-state index in [1.54, 1.807) is 0 Å². The fourth-order valence-electron chi connectivity index (χ4n) is 3.62. The van der Waals surface area contributed by atoms with E-state index in [1.165, 1.54) is 22.2 Å². The topological polar surface area (TPSA) is 24.3 Å². The van der Waals surface area contributed by atoms with Gasteiger partial charge in [-0.2, -0.15) is 0 Å². The number of likely N-dealkylation sites (N-methyl/N-ethyl adjacent to an activating group) is 1. The number of hydrogen-bond donors (Lipinski definition) is 0. The summed E-state index contributed by atoms with van der Waals surface area (Å²) in [5, 5.41) is 1.25. The highest BCUT2D eigenvalue weighted by atomic mass is 15.2. The monoisotopic (exact) mass is 346 g/mol. The molecule has 0 radical (unpaired) electrons. The SMILES string of the molecule is C=C(C)c1ccc(Cn2ccc3c(N4CCN(C)CC4)ccnc32)cc1. The van der Waals surface area contributed by atoms with Crippen molar-refractivity contribution in [2.75, 3.05) is 38.1 Å². The number of hydrogen-bond acceptors (Lipinski definition) is 3. The quantitative estimate of drug-likeness (QED) is 0.717. The lowest BCUT2D eigenvalue weighted by atomic mass is 10.1. The molecule has 0 atom stereocenters. The molecule has 0 saturated carbocycles. The summed E-state index contributed by atoms with van der Waals surface area (Å²) in [7, 11) is 2.19. The molecule has 4 heteroatoms. The third-order valence-electron chi connectivity index (χ3n) is 5.28. The van der Waals surface area contributed by atoms with Gasteiger partial charge in [0.2, 0.25) is 0 Å². The fraction of sp³-hybridized carbons (Fsp3) is 0.318. The number of allylic oxidation sites excluding steroid dienone is 1. The molecule has 0 spiro atoms. The highest BCUT2D eigenvalue weighted by Gasteiger charge is 2.17. The van der Waals surface area contributed by atoms with E-state index < -0.39 is 0 Å². The van der Waals surface area contributed by atoms with Crippen LogP contribution in [0.5, 0.6) is 0 Å². The predicted molar refractivity (Wildman–Crippen MR) is 110 cm³/mol. The largest absolute Gasteiger partial charge is 0.368 e. The molecule has 3 heterocycles. The lowest BCUT2D eigenvalue weighted by Crippen LogP contribution is -2.44. The molecule has 1 aliphatic heterocycles. The summed E-state index contributed by atoms with van der Waals surface area (Å²) in [6.07, 6.45) is 4.10. The number of aromatic nitrogens is 2. The van der Waals surface area contributed by atoms with Crippen LogP contribution in [-0.4, -0.2) is 47.7 Å². The molecule has 1 fully saturated rings. The Balaban J connectivity index is 1.61. The Kier molecular flexibility index (Phi) is 4.51. The van der Waals surface area contributed by atoms with Crippen molar-refractivity contribution in [1.82, 2.24) is 14.5 Å². The molecular formula is C22H26N4. The van der Waals surface area contributed by atoms with E-state index in [0.29, 0.717) is 0 Å². The Morgan fingerprint density at radius 1 is 1.04 bits per heavy atom. The average molecular weight is 346 g/mol. The van der Waals surface area contributed by atoms with Crippen LogP contribution < -0.4 is 4.90 Å². The highest BCUT2D eigenvalue weighted by molar-refractivity contribution is 5.90. The van der Waals surface area contributed by atoms with Gasteiger partial charge in [-0.1, -0.05) is 36.4 Å². The molecule has 0 aliphatic carbocycles. The van der Waals surface area contributed by atoms with E-state index >= 15 is 0 Å². The van der Waals surface area contributed by atoms with Crippen LogP contribution in [0, 0.1) is 0 Å². The zero-order valence-electron chi connectivity index (χ0n) is 15.7. The van der Waals surface area contributed by atoms with Gasteiger partial charge in [-0.3, -0.25) is 0 Å². The minimum Gasteiger partial charge on any atom is -0.368 e. The van der Waals surface area contributed by atoms with Crippen LogP contribution in [0.3, 0.4) is 0 Å². The predicted octanol–water partition coefficient (Wildman–Crippen LogP) is 3.87. The zero-order valence-corrected chi connectivity index (χ0v) is 15.7. The average Bonchev–Trinajstić information content (AvgIpc) is 3.06. The van der Waals surface area contributed by atoms with Gasteiger partial charge in [-0.05, 0) is 37.2 Å². The Morgan fingerprint density at radius 2 is 1.77 bits per heavy atom. The van der Waals surface area contributed by atoms with Gasteiger partial charge >= 0.3 is 0 Å². The first-order chi connectivity index (χ1) is 12.6. The molecule has 1 aliphatic rings. The maximum Gasteiger partial charge on any atom is 0.142 e. The maximum atomic E-state index is 4.67. The first-order valence-electron chi connectivity index (χ1n) is 9.24. The third kappa shape index (κ3) is 3.25. The lowest BCUT2D eigenvalue weighted by molar-refractivity contribution is 0.313. The van der Waals surface area contributed by atoms with E-state index in [4.69, 9.17) is 0 Å².